The summed E-state index contributed by atoms with van der Waals surface area (Å²) in [6, 6.07) is 2.20. The normalized spacial score (nSPS) is 9.38. The Balaban J connectivity index is 3.15. The number of anilines is 1. The van der Waals surface area contributed by atoms with Crippen molar-refractivity contribution in [3.8, 4) is 11.8 Å². The number of hydrogen-bond acceptors (Lipinski definition) is 4. The lowest BCUT2D eigenvalue weighted by atomic mass is 10.1. The van der Waals surface area contributed by atoms with E-state index in [0.29, 0.717) is 13.0 Å². The van der Waals surface area contributed by atoms with Gasteiger partial charge in [0, 0.05) is 24.6 Å². The minimum atomic E-state index is -0.841. The average molecular weight is 223 g/mol. The third kappa shape index (κ3) is 2.68. The molecule has 0 aliphatic carbocycles. The van der Waals surface area contributed by atoms with Gasteiger partial charge in [-0.25, -0.2) is 4.39 Å². The Labute approximate surface area is 91.4 Å². The van der Waals surface area contributed by atoms with Crippen LogP contribution in [0.2, 0.25) is 0 Å². The minimum absolute atomic E-state index is 0.215. The Morgan fingerprint density at radius 3 is 2.75 bits per heavy atom. The quantitative estimate of drug-likeness (QED) is 0.338. The molecule has 0 radical (unpaired) electrons. The van der Waals surface area contributed by atoms with Gasteiger partial charge in [-0.1, -0.05) is 11.8 Å². The molecule has 16 heavy (non-hydrogen) atoms. The van der Waals surface area contributed by atoms with Gasteiger partial charge in [0.05, 0.1) is 4.92 Å². The number of nitrogens with zero attached hydrogens (tertiary/aromatic N) is 1. The SMILES string of the molecule is NCCC#Cc1cc(F)c(N)c([N+](=O)[O-])c1. The van der Waals surface area contributed by atoms with Crippen LogP contribution in [0.5, 0.6) is 0 Å². The van der Waals surface area contributed by atoms with Crippen molar-refractivity contribution in [2.45, 2.75) is 6.42 Å². The molecular weight excluding hydrogens is 213 g/mol. The van der Waals surface area contributed by atoms with Gasteiger partial charge in [-0.05, 0) is 6.07 Å². The summed E-state index contributed by atoms with van der Waals surface area (Å²) < 4.78 is 13.2. The van der Waals surface area contributed by atoms with E-state index in [1.807, 2.05) is 0 Å². The Bertz CT molecular complexity index is 477. The zero-order valence-corrected chi connectivity index (χ0v) is 8.37. The Hall–Kier alpha value is -2.13. The summed E-state index contributed by atoms with van der Waals surface area (Å²) in [7, 11) is 0. The van der Waals surface area contributed by atoms with E-state index < -0.39 is 22.1 Å². The highest BCUT2D eigenvalue weighted by molar-refractivity contribution is 5.62. The Kier molecular flexibility index (Phi) is 3.80. The first-order valence-corrected chi connectivity index (χ1v) is 4.48. The van der Waals surface area contributed by atoms with Crippen molar-refractivity contribution in [2.75, 3.05) is 12.3 Å². The van der Waals surface area contributed by atoms with Crippen molar-refractivity contribution in [2.24, 2.45) is 5.73 Å². The van der Waals surface area contributed by atoms with Crippen LogP contribution in [0.4, 0.5) is 15.8 Å². The predicted octanol–water partition coefficient (Wildman–Crippen LogP) is 1.02. The van der Waals surface area contributed by atoms with Gasteiger partial charge in [0.15, 0.2) is 5.82 Å². The van der Waals surface area contributed by atoms with E-state index in [4.69, 9.17) is 11.5 Å². The van der Waals surface area contributed by atoms with Crippen molar-refractivity contribution >= 4 is 11.4 Å². The molecule has 0 heterocycles. The first kappa shape index (κ1) is 11.9. The lowest BCUT2D eigenvalue weighted by Crippen LogP contribution is -1.99. The highest BCUT2D eigenvalue weighted by Gasteiger charge is 2.16. The molecule has 1 aromatic rings. The van der Waals surface area contributed by atoms with Gasteiger partial charge in [0.25, 0.3) is 5.69 Å². The second kappa shape index (κ2) is 5.09. The number of nitro groups is 1. The van der Waals surface area contributed by atoms with E-state index in [1.54, 1.807) is 0 Å². The van der Waals surface area contributed by atoms with Crippen molar-refractivity contribution in [3.05, 3.63) is 33.6 Å². The summed E-state index contributed by atoms with van der Waals surface area (Å²) in [6.07, 6.45) is 0.444. The second-order valence-electron chi connectivity index (χ2n) is 2.99. The molecule has 5 nitrogen and oxygen atoms in total. The number of nitro benzene ring substituents is 1. The molecule has 0 aromatic heterocycles. The summed E-state index contributed by atoms with van der Waals surface area (Å²) in [5.41, 5.74) is 9.70. The van der Waals surface area contributed by atoms with Gasteiger partial charge in [-0.2, -0.15) is 0 Å². The zero-order chi connectivity index (χ0) is 12.1. The molecule has 0 spiro atoms. The highest BCUT2D eigenvalue weighted by Crippen LogP contribution is 2.25. The van der Waals surface area contributed by atoms with Crippen LogP contribution in [0.25, 0.3) is 0 Å². The van der Waals surface area contributed by atoms with Gasteiger partial charge in [-0.3, -0.25) is 10.1 Å². The first-order valence-electron chi connectivity index (χ1n) is 4.48. The molecular formula is C10H10FN3O2. The van der Waals surface area contributed by atoms with Gasteiger partial charge >= 0.3 is 0 Å². The molecule has 0 saturated heterocycles. The van der Waals surface area contributed by atoms with E-state index >= 15 is 0 Å². The summed E-state index contributed by atoms with van der Waals surface area (Å²) in [5, 5.41) is 10.5. The number of halogens is 1. The lowest BCUT2D eigenvalue weighted by molar-refractivity contribution is -0.384. The van der Waals surface area contributed by atoms with Gasteiger partial charge in [-0.15, -0.1) is 0 Å². The van der Waals surface area contributed by atoms with Crippen LogP contribution in [0.1, 0.15) is 12.0 Å². The maximum absolute atomic E-state index is 13.2. The molecule has 6 heteroatoms. The molecule has 1 rings (SSSR count). The van der Waals surface area contributed by atoms with Gasteiger partial charge in [0.1, 0.15) is 5.69 Å². The molecule has 0 unspecified atom stereocenters. The minimum Gasteiger partial charge on any atom is -0.391 e. The molecule has 0 aliphatic rings. The third-order valence-corrected chi connectivity index (χ3v) is 1.81. The average Bonchev–Trinajstić information content (AvgIpc) is 2.23. The second-order valence-corrected chi connectivity index (χ2v) is 2.99. The summed E-state index contributed by atoms with van der Waals surface area (Å²) in [5.74, 6) is 4.40. The van der Waals surface area contributed by atoms with Gasteiger partial charge < -0.3 is 11.5 Å². The van der Waals surface area contributed by atoms with E-state index in [-0.39, 0.29) is 5.56 Å². The zero-order valence-electron chi connectivity index (χ0n) is 8.37. The Morgan fingerprint density at radius 1 is 1.50 bits per heavy atom. The molecule has 0 bridgehead atoms. The number of hydrogen-bond donors (Lipinski definition) is 2. The largest absolute Gasteiger partial charge is 0.391 e. The maximum Gasteiger partial charge on any atom is 0.296 e. The van der Waals surface area contributed by atoms with Crippen molar-refractivity contribution in [1.82, 2.24) is 0 Å². The molecule has 0 amide bonds. The highest BCUT2D eigenvalue weighted by atomic mass is 19.1. The topological polar surface area (TPSA) is 95.2 Å². The van der Waals surface area contributed by atoms with Crippen LogP contribution in [-0.2, 0) is 0 Å². The fourth-order valence-corrected chi connectivity index (χ4v) is 1.06. The summed E-state index contributed by atoms with van der Waals surface area (Å²) >= 11 is 0. The first-order chi connectivity index (χ1) is 7.56. The van der Waals surface area contributed by atoms with E-state index in [1.165, 1.54) is 0 Å². The Morgan fingerprint density at radius 2 is 2.19 bits per heavy atom. The van der Waals surface area contributed by atoms with Crippen molar-refractivity contribution in [3.63, 3.8) is 0 Å². The number of nitrogen functional groups attached to an aromatic ring is 1. The lowest BCUT2D eigenvalue weighted by Gasteiger charge is -1.99. The monoisotopic (exact) mass is 223 g/mol. The van der Waals surface area contributed by atoms with Crippen LogP contribution >= 0.6 is 0 Å². The van der Waals surface area contributed by atoms with Gasteiger partial charge in [0.2, 0.25) is 0 Å². The van der Waals surface area contributed by atoms with Crippen LogP contribution in [0.15, 0.2) is 12.1 Å². The predicted molar refractivity (Wildman–Crippen MR) is 58.0 cm³/mol. The van der Waals surface area contributed by atoms with Crippen molar-refractivity contribution in [1.29, 1.82) is 0 Å². The summed E-state index contributed by atoms with van der Waals surface area (Å²) in [6.45, 7) is 0.381. The smallest absolute Gasteiger partial charge is 0.296 e. The van der Waals surface area contributed by atoms with E-state index in [9.17, 15) is 14.5 Å². The fraction of sp³-hybridized carbons (Fsp3) is 0.200. The van der Waals surface area contributed by atoms with Crippen LogP contribution in [0.3, 0.4) is 0 Å². The molecule has 0 aliphatic heterocycles. The standard InChI is InChI=1S/C10H10FN3O2/c11-8-5-7(3-1-2-4-12)6-9(10(8)13)14(15)16/h5-6H,2,4,12-13H2. The van der Waals surface area contributed by atoms with E-state index in [0.717, 1.165) is 12.1 Å². The molecule has 1 aromatic carbocycles. The molecule has 0 saturated carbocycles. The molecule has 0 fully saturated rings. The molecule has 84 valence electrons. The van der Waals surface area contributed by atoms with Crippen LogP contribution < -0.4 is 11.5 Å². The molecule has 4 N–H and O–H groups in total. The molecule has 0 atom stereocenters. The van der Waals surface area contributed by atoms with Crippen molar-refractivity contribution < 1.29 is 9.31 Å². The summed E-state index contributed by atoms with van der Waals surface area (Å²) in [4.78, 5) is 9.80. The van der Waals surface area contributed by atoms with Crippen LogP contribution in [-0.4, -0.2) is 11.5 Å². The van der Waals surface area contributed by atoms with E-state index in [2.05, 4.69) is 11.8 Å². The fourth-order valence-electron chi connectivity index (χ4n) is 1.06. The number of nitrogens with two attached hydrogens (primary N) is 2. The third-order valence-electron chi connectivity index (χ3n) is 1.81. The van der Waals surface area contributed by atoms with Crippen LogP contribution in [0, 0.1) is 27.8 Å². The number of benzene rings is 1. The maximum atomic E-state index is 13.2. The number of rotatable bonds is 2.